The fourth-order valence-electron chi connectivity index (χ4n) is 3.07. The summed E-state index contributed by atoms with van der Waals surface area (Å²) in [6, 6.07) is 19.8. The van der Waals surface area contributed by atoms with Crippen LogP contribution in [-0.2, 0) is 0 Å². The molecule has 23 heavy (non-hydrogen) atoms. The third-order valence-corrected chi connectivity index (χ3v) is 9.14. The Labute approximate surface area is 140 Å². The van der Waals surface area contributed by atoms with Crippen molar-refractivity contribution in [3.8, 4) is 12.3 Å². The van der Waals surface area contributed by atoms with Crippen LogP contribution < -0.4 is 10.4 Å². The number of aliphatic hydroxyl groups is 1. The molecule has 2 N–H and O–H groups in total. The van der Waals surface area contributed by atoms with Crippen LogP contribution in [-0.4, -0.2) is 24.3 Å². The van der Waals surface area contributed by atoms with E-state index in [1.807, 2.05) is 60.7 Å². The summed E-state index contributed by atoms with van der Waals surface area (Å²) < 4.78 is 0. The highest BCUT2D eigenvalue weighted by atomic mass is 28.4. The number of terminal acetylenes is 1. The molecule has 0 unspecified atom stereocenters. The average Bonchev–Trinajstić information content (AvgIpc) is 2.60. The second kappa shape index (κ2) is 7.14. The molecule has 3 heteroatoms. The van der Waals surface area contributed by atoms with Gasteiger partial charge >= 0.3 is 0 Å². The van der Waals surface area contributed by atoms with Crippen LogP contribution in [0.25, 0.3) is 0 Å². The molecule has 0 saturated carbocycles. The summed E-state index contributed by atoms with van der Waals surface area (Å²) in [5.74, 6) is 2.36. The molecule has 0 saturated heterocycles. The molecule has 0 fully saturated rings. The Morgan fingerprint density at radius 3 is 1.83 bits per heavy atom. The van der Waals surface area contributed by atoms with Crippen LogP contribution in [0.15, 0.2) is 60.7 Å². The molecule has 0 aliphatic rings. The first-order valence-electron chi connectivity index (χ1n) is 7.89. The Hall–Kier alpha value is -1.86. The predicted molar refractivity (Wildman–Crippen MR) is 98.2 cm³/mol. The van der Waals surface area contributed by atoms with Crippen molar-refractivity contribution < 1.29 is 9.90 Å². The van der Waals surface area contributed by atoms with Gasteiger partial charge in [0.15, 0.2) is 0 Å². The molecular formula is C20H24O2Si. The largest absolute Gasteiger partial charge is 0.424 e. The first kappa shape index (κ1) is 17.5. The minimum atomic E-state index is -2.99. The fourth-order valence-corrected chi connectivity index (χ4v) is 6.82. The molecular weight excluding hydrogens is 300 g/mol. The Morgan fingerprint density at radius 2 is 1.43 bits per heavy atom. The lowest BCUT2D eigenvalue weighted by molar-refractivity contribution is 0.211. The molecule has 0 aromatic heterocycles. The minimum Gasteiger partial charge on any atom is -0.424 e. The van der Waals surface area contributed by atoms with Gasteiger partial charge in [0.05, 0.1) is 0 Å². The second-order valence-corrected chi connectivity index (χ2v) is 10.5. The molecule has 0 heterocycles. The van der Waals surface area contributed by atoms with Crippen molar-refractivity contribution in [2.75, 3.05) is 0 Å². The van der Waals surface area contributed by atoms with Crippen molar-refractivity contribution in [2.24, 2.45) is 0 Å². The Bertz CT molecular complexity index is 620. The van der Waals surface area contributed by atoms with E-state index in [0.717, 1.165) is 10.4 Å². The Morgan fingerprint density at radius 1 is 1.00 bits per heavy atom. The summed E-state index contributed by atoms with van der Waals surface area (Å²) in [5.41, 5.74) is 0. The first-order chi connectivity index (χ1) is 10.9. The average molecular weight is 324 g/mol. The van der Waals surface area contributed by atoms with E-state index in [4.69, 9.17) is 6.42 Å². The molecule has 0 aliphatic carbocycles. The maximum atomic E-state index is 11.9. The molecule has 0 bridgehead atoms. The summed E-state index contributed by atoms with van der Waals surface area (Å²) in [4.78, 5) is 11.9. The van der Waals surface area contributed by atoms with Gasteiger partial charge in [0.1, 0.15) is 6.10 Å². The van der Waals surface area contributed by atoms with Gasteiger partial charge in [-0.15, -0.1) is 6.42 Å². The normalized spacial score (nSPS) is 13.3. The molecule has 0 spiro atoms. The van der Waals surface area contributed by atoms with Crippen LogP contribution in [0.4, 0.5) is 0 Å². The Kier molecular flexibility index (Phi) is 5.43. The summed E-state index contributed by atoms with van der Waals surface area (Å²) in [5, 5.41) is 11.3. The maximum Gasteiger partial charge on any atom is 0.258 e. The van der Waals surface area contributed by atoms with E-state index in [1.165, 1.54) is 0 Å². The maximum absolute atomic E-state index is 11.9. The number of hydrogen-bond donors (Lipinski definition) is 2. The van der Waals surface area contributed by atoms with Gasteiger partial charge in [0, 0.05) is 0 Å². The quantitative estimate of drug-likeness (QED) is 0.632. The number of rotatable bonds is 6. The van der Waals surface area contributed by atoms with E-state index in [0.29, 0.717) is 12.8 Å². The SMILES string of the molecule is C#C[C@H](O)CCC(C)(C)[Si](O)(c1ccccc1)c1ccccc1. The second-order valence-electron chi connectivity index (χ2n) is 6.55. The lowest BCUT2D eigenvalue weighted by Gasteiger charge is -2.41. The van der Waals surface area contributed by atoms with E-state index in [9.17, 15) is 9.90 Å². The van der Waals surface area contributed by atoms with E-state index in [1.54, 1.807) is 0 Å². The van der Waals surface area contributed by atoms with E-state index in [-0.39, 0.29) is 5.04 Å². The highest BCUT2D eigenvalue weighted by molar-refractivity contribution is 6.98. The molecule has 0 radical (unpaired) electrons. The van der Waals surface area contributed by atoms with Crippen molar-refractivity contribution in [1.29, 1.82) is 0 Å². The van der Waals surface area contributed by atoms with Crippen LogP contribution in [0.5, 0.6) is 0 Å². The predicted octanol–water partition coefficient (Wildman–Crippen LogP) is 2.29. The monoisotopic (exact) mass is 324 g/mol. The third kappa shape index (κ3) is 3.56. The molecule has 2 nitrogen and oxygen atoms in total. The summed E-state index contributed by atoms with van der Waals surface area (Å²) >= 11 is 0. The first-order valence-corrected chi connectivity index (χ1v) is 9.84. The standard InChI is InChI=1S/C20H24O2Si/c1-4-17(21)15-16-20(2,3)23(22,18-11-7-5-8-12-18)19-13-9-6-10-14-19/h1,5-14,17,21-22H,15-16H2,2-3H3/t17-/m0/s1. The number of benzene rings is 2. The molecule has 0 aliphatic heterocycles. The summed E-state index contributed by atoms with van der Waals surface area (Å²) in [7, 11) is -2.99. The zero-order chi connectivity index (χ0) is 16.9. The molecule has 2 aromatic carbocycles. The zero-order valence-corrected chi connectivity index (χ0v) is 14.7. The summed E-state index contributed by atoms with van der Waals surface area (Å²) in [6.07, 6.45) is 5.66. The molecule has 2 aromatic rings. The van der Waals surface area contributed by atoms with Crippen LogP contribution >= 0.6 is 0 Å². The summed E-state index contributed by atoms with van der Waals surface area (Å²) in [6.45, 7) is 4.14. The van der Waals surface area contributed by atoms with Crippen LogP contribution in [0.2, 0.25) is 5.04 Å². The number of aliphatic hydroxyl groups excluding tert-OH is 1. The zero-order valence-electron chi connectivity index (χ0n) is 13.7. The van der Waals surface area contributed by atoms with Crippen molar-refractivity contribution in [1.82, 2.24) is 0 Å². The highest BCUT2D eigenvalue weighted by Gasteiger charge is 2.49. The van der Waals surface area contributed by atoms with Gasteiger partial charge in [0.25, 0.3) is 8.32 Å². The van der Waals surface area contributed by atoms with Gasteiger partial charge < -0.3 is 9.90 Å². The fraction of sp³-hybridized carbons (Fsp3) is 0.300. The van der Waals surface area contributed by atoms with Gasteiger partial charge in [-0.2, -0.15) is 0 Å². The van der Waals surface area contributed by atoms with Gasteiger partial charge in [0.2, 0.25) is 0 Å². The number of hydrogen-bond acceptors (Lipinski definition) is 2. The van der Waals surface area contributed by atoms with E-state index in [2.05, 4.69) is 19.8 Å². The van der Waals surface area contributed by atoms with Crippen LogP contribution in [0.3, 0.4) is 0 Å². The van der Waals surface area contributed by atoms with E-state index < -0.39 is 14.4 Å². The highest BCUT2D eigenvalue weighted by Crippen LogP contribution is 2.40. The van der Waals surface area contributed by atoms with Crippen LogP contribution in [0, 0.1) is 12.3 Å². The van der Waals surface area contributed by atoms with Crippen molar-refractivity contribution in [3.05, 3.63) is 60.7 Å². The molecule has 0 amide bonds. The topological polar surface area (TPSA) is 40.5 Å². The molecule has 120 valence electrons. The van der Waals surface area contributed by atoms with Crippen molar-refractivity contribution >= 4 is 18.7 Å². The van der Waals surface area contributed by atoms with E-state index >= 15 is 0 Å². The molecule has 1 atom stereocenters. The van der Waals surface area contributed by atoms with Crippen LogP contribution in [0.1, 0.15) is 26.7 Å². The molecule has 2 rings (SSSR count). The third-order valence-electron chi connectivity index (χ3n) is 4.60. The van der Waals surface area contributed by atoms with Gasteiger partial charge in [-0.25, -0.2) is 0 Å². The van der Waals surface area contributed by atoms with Gasteiger partial charge in [-0.3, -0.25) is 0 Å². The smallest absolute Gasteiger partial charge is 0.258 e. The lowest BCUT2D eigenvalue weighted by atomic mass is 10.0. The Balaban J connectivity index is 2.48. The van der Waals surface area contributed by atoms with Gasteiger partial charge in [-0.1, -0.05) is 80.4 Å². The van der Waals surface area contributed by atoms with Crippen molar-refractivity contribution in [2.45, 2.75) is 37.8 Å². The lowest BCUT2D eigenvalue weighted by Crippen LogP contribution is -2.65. The van der Waals surface area contributed by atoms with Crippen molar-refractivity contribution in [3.63, 3.8) is 0 Å². The minimum absolute atomic E-state index is 0.368. The van der Waals surface area contributed by atoms with Gasteiger partial charge in [-0.05, 0) is 28.3 Å².